The van der Waals surface area contributed by atoms with E-state index in [0.29, 0.717) is 25.9 Å². The first-order valence-corrected chi connectivity index (χ1v) is 28.4. The number of allylic oxidation sites excluding steroid dienone is 8. The molecule has 0 aliphatic heterocycles. The van der Waals surface area contributed by atoms with E-state index in [4.69, 9.17) is 4.74 Å². The van der Waals surface area contributed by atoms with E-state index in [1.807, 2.05) is 0 Å². The lowest BCUT2D eigenvalue weighted by atomic mass is 10.0. The Morgan fingerprint density at radius 3 is 1.31 bits per heavy atom. The summed E-state index contributed by atoms with van der Waals surface area (Å²) < 4.78 is 5.43. The van der Waals surface area contributed by atoms with Crippen LogP contribution in [0.2, 0.25) is 0 Å². The van der Waals surface area contributed by atoms with Gasteiger partial charge in [0.1, 0.15) is 0 Å². The summed E-state index contributed by atoms with van der Waals surface area (Å²) in [7, 11) is 0. The van der Waals surface area contributed by atoms with E-state index >= 15 is 0 Å². The number of rotatable bonds is 52. The zero-order valence-corrected chi connectivity index (χ0v) is 43.2. The first-order chi connectivity index (χ1) is 32.0. The normalized spacial score (nSPS) is 13.0. The van der Waals surface area contributed by atoms with Crippen LogP contribution in [0, 0.1) is 0 Å². The van der Waals surface area contributed by atoms with Crippen molar-refractivity contribution in [2.45, 2.75) is 302 Å². The van der Waals surface area contributed by atoms with Crippen molar-refractivity contribution >= 4 is 11.9 Å². The topological polar surface area (TPSA) is 95.9 Å². The van der Waals surface area contributed by atoms with E-state index in [9.17, 15) is 19.8 Å². The molecule has 6 nitrogen and oxygen atoms in total. The van der Waals surface area contributed by atoms with Gasteiger partial charge in [-0.15, -0.1) is 0 Å². The maximum Gasteiger partial charge on any atom is 0.305 e. The van der Waals surface area contributed by atoms with Crippen LogP contribution < -0.4 is 5.32 Å². The lowest BCUT2D eigenvalue weighted by Gasteiger charge is -2.22. The van der Waals surface area contributed by atoms with Crippen molar-refractivity contribution in [3.8, 4) is 0 Å². The number of amides is 1. The Labute approximate surface area is 404 Å². The number of carbonyl (C=O) groups is 2. The second-order valence-corrected chi connectivity index (χ2v) is 19.3. The van der Waals surface area contributed by atoms with Gasteiger partial charge in [0.25, 0.3) is 0 Å². The Balaban J connectivity index is 3.53. The number of hydrogen-bond acceptors (Lipinski definition) is 5. The highest BCUT2D eigenvalue weighted by Gasteiger charge is 2.20. The van der Waals surface area contributed by atoms with E-state index in [2.05, 4.69) is 67.8 Å². The van der Waals surface area contributed by atoms with E-state index < -0.39 is 12.1 Å². The second-order valence-electron chi connectivity index (χ2n) is 19.3. The first kappa shape index (κ1) is 62.8. The van der Waals surface area contributed by atoms with Crippen LogP contribution >= 0.6 is 0 Å². The number of nitrogens with one attached hydrogen (secondary N) is 1. The molecule has 1 amide bonds. The molecule has 0 saturated carbocycles. The Bertz CT molecular complexity index is 1100. The molecule has 0 aromatic rings. The zero-order chi connectivity index (χ0) is 47.2. The van der Waals surface area contributed by atoms with Crippen molar-refractivity contribution in [3.05, 3.63) is 48.6 Å². The molecule has 0 bridgehead atoms. The number of ether oxygens (including phenoxy) is 1. The van der Waals surface area contributed by atoms with Gasteiger partial charge in [-0.1, -0.05) is 242 Å². The third-order valence-electron chi connectivity index (χ3n) is 12.9. The minimum atomic E-state index is -0.681. The monoisotopic (exact) mass is 912 g/mol. The van der Waals surface area contributed by atoms with Gasteiger partial charge in [-0.05, 0) is 83.5 Å². The molecule has 6 heteroatoms. The highest BCUT2D eigenvalue weighted by atomic mass is 16.5. The van der Waals surface area contributed by atoms with Crippen molar-refractivity contribution in [1.82, 2.24) is 5.32 Å². The fourth-order valence-corrected chi connectivity index (χ4v) is 8.47. The predicted molar refractivity (Wildman–Crippen MR) is 282 cm³/mol. The lowest BCUT2D eigenvalue weighted by molar-refractivity contribution is -0.143. The van der Waals surface area contributed by atoms with Crippen LogP contribution in [-0.2, 0) is 14.3 Å². The van der Waals surface area contributed by atoms with Crippen LogP contribution in [0.25, 0.3) is 0 Å². The molecule has 380 valence electrons. The van der Waals surface area contributed by atoms with Crippen LogP contribution in [0.3, 0.4) is 0 Å². The van der Waals surface area contributed by atoms with Gasteiger partial charge in [-0.2, -0.15) is 0 Å². The minimum absolute atomic E-state index is 0.0365. The summed E-state index contributed by atoms with van der Waals surface area (Å²) in [5.41, 5.74) is 0. The standard InChI is InChI=1S/C59H109NO5/c1-3-5-7-9-11-13-15-17-19-20-21-22-24-27-31-35-39-43-47-51-57(62)56(55-61)60-58(63)52-48-44-40-36-32-28-25-23-26-30-34-38-42-46-50-54-65-59(64)53-49-45-41-37-33-29-18-16-14-12-10-8-6-4-2/h10,12,16,18,23,26,30,34,56-57,61-62H,3-9,11,13-15,17,19-22,24-25,27-29,31-33,35-55H2,1-2H3,(H,60,63)/b12-10-,18-16-,26-23-,34-30-. The molecule has 0 aliphatic carbocycles. The third-order valence-corrected chi connectivity index (χ3v) is 12.9. The van der Waals surface area contributed by atoms with Gasteiger partial charge >= 0.3 is 5.97 Å². The molecule has 0 rings (SSSR count). The summed E-state index contributed by atoms with van der Waals surface area (Å²) in [6, 6.07) is -0.560. The number of aliphatic hydroxyl groups is 2. The van der Waals surface area contributed by atoms with Crippen molar-refractivity contribution < 1.29 is 24.5 Å². The van der Waals surface area contributed by atoms with Gasteiger partial charge < -0.3 is 20.3 Å². The van der Waals surface area contributed by atoms with E-state index in [1.54, 1.807) is 0 Å². The Morgan fingerprint density at radius 1 is 0.446 bits per heavy atom. The van der Waals surface area contributed by atoms with E-state index in [-0.39, 0.29) is 18.5 Å². The fourth-order valence-electron chi connectivity index (χ4n) is 8.47. The molecule has 2 unspecified atom stereocenters. The van der Waals surface area contributed by atoms with Crippen LogP contribution in [0.1, 0.15) is 290 Å². The van der Waals surface area contributed by atoms with E-state index in [1.165, 1.54) is 167 Å². The van der Waals surface area contributed by atoms with Crippen molar-refractivity contribution in [3.63, 3.8) is 0 Å². The number of carbonyl (C=O) groups excluding carboxylic acids is 2. The number of unbranched alkanes of at least 4 members (excludes halogenated alkanes) is 34. The third kappa shape index (κ3) is 51.1. The molecule has 0 aliphatic rings. The Morgan fingerprint density at radius 2 is 0.831 bits per heavy atom. The van der Waals surface area contributed by atoms with Gasteiger partial charge in [0, 0.05) is 12.8 Å². The average molecular weight is 913 g/mol. The summed E-state index contributed by atoms with van der Waals surface area (Å²) in [6.07, 6.45) is 68.1. The largest absolute Gasteiger partial charge is 0.466 e. The molecular weight excluding hydrogens is 803 g/mol. The fraction of sp³-hybridized carbons (Fsp3) is 0.831. The maximum atomic E-state index is 12.5. The Kier molecular flexibility index (Phi) is 52.6. The molecule has 0 saturated heterocycles. The zero-order valence-electron chi connectivity index (χ0n) is 43.2. The van der Waals surface area contributed by atoms with Gasteiger partial charge in [-0.25, -0.2) is 0 Å². The second kappa shape index (κ2) is 54.4. The maximum absolute atomic E-state index is 12.5. The quantitative estimate of drug-likeness (QED) is 0.0245. The Hall–Kier alpha value is -2.18. The van der Waals surface area contributed by atoms with Crippen LogP contribution in [0.15, 0.2) is 48.6 Å². The lowest BCUT2D eigenvalue weighted by Crippen LogP contribution is -2.45. The van der Waals surface area contributed by atoms with Crippen molar-refractivity contribution in [1.29, 1.82) is 0 Å². The van der Waals surface area contributed by atoms with E-state index in [0.717, 1.165) is 89.9 Å². The molecule has 0 aromatic carbocycles. The van der Waals surface area contributed by atoms with Gasteiger partial charge in [-0.3, -0.25) is 9.59 Å². The average Bonchev–Trinajstić information content (AvgIpc) is 3.31. The summed E-state index contributed by atoms with van der Waals surface area (Å²) in [5.74, 6) is -0.0937. The molecule has 0 fully saturated rings. The number of hydrogen-bond donors (Lipinski definition) is 3. The molecular formula is C59H109NO5. The van der Waals surface area contributed by atoms with Crippen LogP contribution in [0.5, 0.6) is 0 Å². The smallest absolute Gasteiger partial charge is 0.305 e. The van der Waals surface area contributed by atoms with Crippen molar-refractivity contribution in [2.75, 3.05) is 13.2 Å². The van der Waals surface area contributed by atoms with Gasteiger partial charge in [0.05, 0.1) is 25.4 Å². The first-order valence-electron chi connectivity index (χ1n) is 28.4. The number of aliphatic hydroxyl groups excluding tert-OH is 2. The molecule has 3 N–H and O–H groups in total. The highest BCUT2D eigenvalue weighted by molar-refractivity contribution is 5.76. The highest BCUT2D eigenvalue weighted by Crippen LogP contribution is 2.17. The number of esters is 1. The molecule has 0 radical (unpaired) electrons. The SMILES string of the molecule is CCCC/C=C\C/C=C\CCCCCCCC(=O)OCCCCC/C=C\C=C/CCCCCCCCC(=O)NC(CO)C(O)CCCCCCCCCCCCCCCCCCCCC. The molecule has 0 spiro atoms. The summed E-state index contributed by atoms with van der Waals surface area (Å²) >= 11 is 0. The summed E-state index contributed by atoms with van der Waals surface area (Å²) in [6.45, 7) is 4.85. The molecule has 0 heterocycles. The van der Waals surface area contributed by atoms with Gasteiger partial charge in [0.15, 0.2) is 0 Å². The van der Waals surface area contributed by atoms with Crippen LogP contribution in [-0.4, -0.2) is 47.4 Å². The van der Waals surface area contributed by atoms with Gasteiger partial charge in [0.2, 0.25) is 5.91 Å². The summed E-state index contributed by atoms with van der Waals surface area (Å²) in [5, 5.41) is 23.3. The molecule has 65 heavy (non-hydrogen) atoms. The molecule has 2 atom stereocenters. The summed E-state index contributed by atoms with van der Waals surface area (Å²) in [4.78, 5) is 24.5. The molecule has 0 aromatic heterocycles. The van der Waals surface area contributed by atoms with Crippen molar-refractivity contribution in [2.24, 2.45) is 0 Å². The minimum Gasteiger partial charge on any atom is -0.466 e. The van der Waals surface area contributed by atoms with Crippen LogP contribution in [0.4, 0.5) is 0 Å². The predicted octanol–water partition coefficient (Wildman–Crippen LogP) is 17.4.